The van der Waals surface area contributed by atoms with Gasteiger partial charge in [0.25, 0.3) is 5.56 Å². The number of para-hydroxylation sites is 1. The molecule has 0 fully saturated rings. The van der Waals surface area contributed by atoms with Crippen LogP contribution in [0.25, 0.3) is 33.8 Å². The van der Waals surface area contributed by atoms with Gasteiger partial charge in [-0.25, -0.2) is 14.5 Å². The van der Waals surface area contributed by atoms with Crippen molar-refractivity contribution in [3.05, 3.63) is 104 Å². The van der Waals surface area contributed by atoms with Crippen molar-refractivity contribution < 1.29 is 9.53 Å². The van der Waals surface area contributed by atoms with Gasteiger partial charge in [-0.3, -0.25) is 9.36 Å². The maximum absolute atomic E-state index is 14.2. The van der Waals surface area contributed by atoms with Crippen LogP contribution >= 0.6 is 27.5 Å². The topological polar surface area (TPSA) is 79.0 Å². The Labute approximate surface area is 220 Å². The average Bonchev–Trinajstić information content (AvgIpc) is 3.26. The molecule has 0 unspecified atom stereocenters. The van der Waals surface area contributed by atoms with Crippen molar-refractivity contribution in [1.29, 1.82) is 0 Å². The van der Waals surface area contributed by atoms with Crippen molar-refractivity contribution in [2.75, 3.05) is 0 Å². The number of rotatable bonds is 5. The number of ether oxygens (including phenoxy) is 1. The van der Waals surface area contributed by atoms with E-state index in [4.69, 9.17) is 21.3 Å². The molecule has 0 saturated carbocycles. The van der Waals surface area contributed by atoms with Crippen LogP contribution in [0.15, 0.2) is 88.1 Å². The summed E-state index contributed by atoms with van der Waals surface area (Å²) >= 11 is 9.57. The molecule has 0 atom stereocenters. The normalized spacial score (nSPS) is 11.2. The number of halogens is 2. The molecule has 0 spiro atoms. The highest BCUT2D eigenvalue weighted by Gasteiger charge is 2.27. The van der Waals surface area contributed by atoms with E-state index in [2.05, 4.69) is 21.0 Å². The third-order valence-electron chi connectivity index (χ3n) is 5.43. The van der Waals surface area contributed by atoms with Crippen LogP contribution in [-0.4, -0.2) is 31.4 Å². The van der Waals surface area contributed by atoms with Gasteiger partial charge >= 0.3 is 5.97 Å². The molecule has 36 heavy (non-hydrogen) atoms. The molecule has 5 rings (SSSR count). The zero-order valence-corrected chi connectivity index (χ0v) is 21.7. The van der Waals surface area contributed by atoms with Crippen LogP contribution in [0.1, 0.15) is 24.3 Å². The third kappa shape index (κ3) is 4.45. The summed E-state index contributed by atoms with van der Waals surface area (Å²) in [5.74, 6) is -0.300. The fourth-order valence-corrected chi connectivity index (χ4v) is 4.24. The van der Waals surface area contributed by atoms with Gasteiger partial charge in [-0.05, 0) is 62.4 Å². The van der Waals surface area contributed by atoms with Crippen LogP contribution in [0.2, 0.25) is 5.02 Å². The van der Waals surface area contributed by atoms with E-state index in [1.165, 1.54) is 9.25 Å². The summed E-state index contributed by atoms with van der Waals surface area (Å²) in [6.45, 7) is 3.48. The Balaban J connectivity index is 1.90. The van der Waals surface area contributed by atoms with E-state index in [0.29, 0.717) is 27.8 Å². The number of carbonyl (C=O) groups excluding carboxylic acids is 1. The quantitative estimate of drug-likeness (QED) is 0.237. The maximum atomic E-state index is 14.2. The minimum atomic E-state index is -0.692. The number of hydrogen-bond acceptors (Lipinski definition) is 5. The van der Waals surface area contributed by atoms with Gasteiger partial charge in [-0.15, -0.1) is 0 Å². The molecule has 0 bridgehead atoms. The highest BCUT2D eigenvalue weighted by atomic mass is 79.9. The summed E-state index contributed by atoms with van der Waals surface area (Å²) in [7, 11) is 0. The van der Waals surface area contributed by atoms with Crippen LogP contribution in [0.4, 0.5) is 0 Å². The molecular formula is C27H20BrClN4O3. The first-order chi connectivity index (χ1) is 17.3. The molecule has 0 saturated heterocycles. The second kappa shape index (κ2) is 9.72. The summed E-state index contributed by atoms with van der Waals surface area (Å²) in [5.41, 5.74) is 1.63. The molecule has 9 heteroatoms. The third-order valence-corrected chi connectivity index (χ3v) is 6.21. The zero-order chi connectivity index (χ0) is 25.4. The van der Waals surface area contributed by atoms with Gasteiger partial charge in [-0.2, -0.15) is 5.10 Å². The summed E-state index contributed by atoms with van der Waals surface area (Å²) in [4.78, 5) is 32.1. The minimum Gasteiger partial charge on any atom is -0.458 e. The molecule has 2 heterocycles. The van der Waals surface area contributed by atoms with Crippen molar-refractivity contribution in [2.24, 2.45) is 0 Å². The van der Waals surface area contributed by atoms with Crippen molar-refractivity contribution in [3.8, 4) is 22.8 Å². The van der Waals surface area contributed by atoms with Gasteiger partial charge < -0.3 is 4.74 Å². The lowest BCUT2D eigenvalue weighted by atomic mass is 10.2. The smallest absolute Gasteiger partial charge is 0.360 e. The molecule has 0 aliphatic heterocycles. The summed E-state index contributed by atoms with van der Waals surface area (Å²) in [6.07, 6.45) is -0.386. The van der Waals surface area contributed by atoms with E-state index in [1.54, 1.807) is 38.1 Å². The van der Waals surface area contributed by atoms with Gasteiger partial charge in [-0.1, -0.05) is 57.9 Å². The summed E-state index contributed by atoms with van der Waals surface area (Å²) in [5, 5.41) is 5.11. The van der Waals surface area contributed by atoms with E-state index < -0.39 is 11.5 Å². The van der Waals surface area contributed by atoms with E-state index >= 15 is 0 Å². The van der Waals surface area contributed by atoms with E-state index in [1.807, 2.05) is 54.6 Å². The number of benzene rings is 3. The SMILES string of the molecule is CC(C)OC(=O)c1nn(-c2ccccc2)c2nc(-c3ccc(Br)cc3)n(-c3ccc(Cl)cc3)c(=O)c12. The number of hydrogen-bond donors (Lipinski definition) is 0. The molecule has 2 aromatic heterocycles. The molecule has 0 aliphatic carbocycles. The fourth-order valence-electron chi connectivity index (χ4n) is 3.85. The number of fused-ring (bicyclic) bond motifs is 1. The van der Waals surface area contributed by atoms with Gasteiger partial charge in [0.1, 0.15) is 11.2 Å². The molecule has 0 N–H and O–H groups in total. The lowest BCUT2D eigenvalue weighted by molar-refractivity contribution is 0.0372. The minimum absolute atomic E-state index is 0.0697. The van der Waals surface area contributed by atoms with Crippen LogP contribution < -0.4 is 5.56 Å². The summed E-state index contributed by atoms with van der Waals surface area (Å²) < 4.78 is 9.28. The van der Waals surface area contributed by atoms with Crippen LogP contribution in [-0.2, 0) is 4.74 Å². The van der Waals surface area contributed by atoms with Gasteiger partial charge in [0.2, 0.25) is 0 Å². The van der Waals surface area contributed by atoms with E-state index in [9.17, 15) is 9.59 Å². The molecule has 0 radical (unpaired) electrons. The lowest BCUT2D eigenvalue weighted by Crippen LogP contribution is -2.23. The largest absolute Gasteiger partial charge is 0.458 e. The van der Waals surface area contributed by atoms with Gasteiger partial charge in [0, 0.05) is 15.1 Å². The number of nitrogens with zero attached hydrogens (tertiary/aromatic N) is 4. The molecule has 3 aromatic carbocycles. The average molecular weight is 564 g/mol. The van der Waals surface area contributed by atoms with Crippen molar-refractivity contribution in [1.82, 2.24) is 19.3 Å². The Morgan fingerprint density at radius 3 is 2.25 bits per heavy atom. The first-order valence-electron chi connectivity index (χ1n) is 11.2. The predicted molar refractivity (Wildman–Crippen MR) is 143 cm³/mol. The van der Waals surface area contributed by atoms with Crippen LogP contribution in [0, 0.1) is 0 Å². The van der Waals surface area contributed by atoms with Crippen molar-refractivity contribution in [2.45, 2.75) is 20.0 Å². The maximum Gasteiger partial charge on any atom is 0.360 e. The Morgan fingerprint density at radius 2 is 1.61 bits per heavy atom. The predicted octanol–water partition coefficient (Wildman–Crippen LogP) is 6.22. The van der Waals surface area contributed by atoms with Crippen molar-refractivity contribution in [3.63, 3.8) is 0 Å². The lowest BCUT2D eigenvalue weighted by Gasteiger charge is -2.14. The fraction of sp³-hybridized carbons (Fsp3) is 0.111. The molecule has 0 aliphatic rings. The number of carbonyl (C=O) groups is 1. The molecule has 0 amide bonds. The Kier molecular flexibility index (Phi) is 6.47. The summed E-state index contributed by atoms with van der Waals surface area (Å²) in [6, 6.07) is 23.5. The first kappa shape index (κ1) is 24.0. The van der Waals surface area contributed by atoms with E-state index in [-0.39, 0.29) is 22.8 Å². The van der Waals surface area contributed by atoms with Gasteiger partial charge in [0.15, 0.2) is 11.3 Å². The van der Waals surface area contributed by atoms with Crippen LogP contribution in [0.3, 0.4) is 0 Å². The second-order valence-corrected chi connectivity index (χ2v) is 9.66. The van der Waals surface area contributed by atoms with E-state index in [0.717, 1.165) is 4.47 Å². The molecule has 5 aromatic rings. The highest BCUT2D eigenvalue weighted by molar-refractivity contribution is 9.10. The Morgan fingerprint density at radius 1 is 0.944 bits per heavy atom. The van der Waals surface area contributed by atoms with Crippen molar-refractivity contribution >= 4 is 44.5 Å². The standard InChI is InChI=1S/C27H20BrClN4O3/c1-16(2)36-27(35)23-22-25(33(31-23)21-6-4-3-5-7-21)30-24(17-8-10-18(28)11-9-17)32(26(22)34)20-14-12-19(29)13-15-20/h3-16H,1-2H3. The first-order valence-corrected chi connectivity index (χ1v) is 12.3. The Bertz CT molecular complexity index is 1630. The van der Waals surface area contributed by atoms with Crippen LogP contribution in [0.5, 0.6) is 0 Å². The molecular weight excluding hydrogens is 544 g/mol. The highest BCUT2D eigenvalue weighted by Crippen LogP contribution is 2.27. The molecule has 180 valence electrons. The Hall–Kier alpha value is -3.75. The number of aromatic nitrogens is 4. The molecule has 7 nitrogen and oxygen atoms in total. The second-order valence-electron chi connectivity index (χ2n) is 8.31. The zero-order valence-electron chi connectivity index (χ0n) is 19.4. The number of esters is 1. The monoisotopic (exact) mass is 562 g/mol. The van der Waals surface area contributed by atoms with Gasteiger partial charge in [0.05, 0.1) is 17.5 Å².